The molecule has 2 aromatic carbocycles. The molecule has 0 saturated carbocycles. The molecule has 0 bridgehead atoms. The van der Waals surface area contributed by atoms with Crippen LogP contribution in [0.1, 0.15) is 28.4 Å². The maximum atomic E-state index is 12.2. The number of carbonyl (C=O) groups is 3. The molecule has 2 amide bonds. The van der Waals surface area contributed by atoms with Crippen molar-refractivity contribution in [2.24, 2.45) is 0 Å². The number of hydrogen-bond donors (Lipinski definition) is 2. The van der Waals surface area contributed by atoms with E-state index in [2.05, 4.69) is 15.4 Å². The second-order valence-corrected chi connectivity index (χ2v) is 6.75. The molecule has 0 spiro atoms. The standard InChI is InChI=1S/C21H21F3N2O5/c1-12-8-13(2)10-15(9-12)20(29)25-11-18(27)30-14(3)19(28)26-16-4-6-17(7-5-16)31-21(22,23)24/h4-10,14H,11H2,1-3H3,(H,25,29)(H,26,28). The van der Waals surface area contributed by atoms with Crippen molar-refractivity contribution in [2.75, 3.05) is 11.9 Å². The molecule has 10 heteroatoms. The SMILES string of the molecule is Cc1cc(C)cc(C(=O)NCC(=O)OC(C)C(=O)Nc2ccc(OC(F)(F)F)cc2)c1. The highest BCUT2D eigenvalue weighted by molar-refractivity contribution is 5.97. The topological polar surface area (TPSA) is 93.7 Å². The van der Waals surface area contributed by atoms with Gasteiger partial charge in [-0.05, 0) is 57.2 Å². The lowest BCUT2D eigenvalue weighted by Gasteiger charge is -2.14. The van der Waals surface area contributed by atoms with Crippen LogP contribution in [0.5, 0.6) is 5.75 Å². The quantitative estimate of drug-likeness (QED) is 0.646. The Morgan fingerprint density at radius 1 is 1.00 bits per heavy atom. The van der Waals surface area contributed by atoms with Crippen molar-refractivity contribution in [3.8, 4) is 5.75 Å². The Hall–Kier alpha value is -3.56. The lowest BCUT2D eigenvalue weighted by molar-refractivity contribution is -0.274. The van der Waals surface area contributed by atoms with Gasteiger partial charge in [0, 0.05) is 11.3 Å². The van der Waals surface area contributed by atoms with E-state index in [4.69, 9.17) is 4.74 Å². The van der Waals surface area contributed by atoms with E-state index in [0.717, 1.165) is 23.3 Å². The van der Waals surface area contributed by atoms with Gasteiger partial charge in [0.25, 0.3) is 11.8 Å². The van der Waals surface area contributed by atoms with E-state index in [1.165, 1.54) is 19.1 Å². The zero-order valence-corrected chi connectivity index (χ0v) is 17.0. The molecule has 0 aliphatic carbocycles. The number of amides is 2. The van der Waals surface area contributed by atoms with Crippen LogP contribution in [0.15, 0.2) is 42.5 Å². The summed E-state index contributed by atoms with van der Waals surface area (Å²) in [7, 11) is 0. The highest BCUT2D eigenvalue weighted by Gasteiger charge is 2.31. The Bertz CT molecular complexity index is 938. The van der Waals surface area contributed by atoms with Gasteiger partial charge in [0.1, 0.15) is 12.3 Å². The minimum atomic E-state index is -4.82. The molecule has 0 radical (unpaired) electrons. The van der Waals surface area contributed by atoms with Crippen LogP contribution >= 0.6 is 0 Å². The second kappa shape index (κ2) is 9.96. The van der Waals surface area contributed by atoms with Gasteiger partial charge in [-0.2, -0.15) is 0 Å². The zero-order valence-electron chi connectivity index (χ0n) is 17.0. The van der Waals surface area contributed by atoms with Crippen molar-refractivity contribution in [3.05, 3.63) is 59.2 Å². The Balaban J connectivity index is 1.82. The molecule has 0 aliphatic heterocycles. The molecule has 0 fully saturated rings. The number of aryl methyl sites for hydroxylation is 2. The molecule has 7 nitrogen and oxygen atoms in total. The zero-order chi connectivity index (χ0) is 23.2. The van der Waals surface area contributed by atoms with Crippen LogP contribution in [0.2, 0.25) is 0 Å². The summed E-state index contributed by atoms with van der Waals surface area (Å²) in [6, 6.07) is 9.73. The van der Waals surface area contributed by atoms with Crippen molar-refractivity contribution in [3.63, 3.8) is 0 Å². The monoisotopic (exact) mass is 438 g/mol. The van der Waals surface area contributed by atoms with E-state index in [9.17, 15) is 27.6 Å². The number of ether oxygens (including phenoxy) is 2. The number of benzene rings is 2. The van der Waals surface area contributed by atoms with Crippen LogP contribution < -0.4 is 15.4 Å². The summed E-state index contributed by atoms with van der Waals surface area (Å²) in [4.78, 5) is 36.2. The van der Waals surface area contributed by atoms with Crippen molar-refractivity contribution >= 4 is 23.5 Å². The normalized spacial score (nSPS) is 11.9. The predicted octanol–water partition coefficient (Wildman–Crippen LogP) is 3.50. The molecule has 0 aromatic heterocycles. The summed E-state index contributed by atoms with van der Waals surface area (Å²) in [6.45, 7) is 4.57. The van der Waals surface area contributed by atoms with Gasteiger partial charge < -0.3 is 20.1 Å². The third-order valence-electron chi connectivity index (χ3n) is 3.91. The van der Waals surface area contributed by atoms with E-state index in [1.807, 2.05) is 19.9 Å². The molecule has 166 valence electrons. The first kappa shape index (κ1) is 23.7. The van der Waals surface area contributed by atoms with Crippen molar-refractivity contribution in [1.82, 2.24) is 5.32 Å². The number of halogens is 3. The van der Waals surface area contributed by atoms with Gasteiger partial charge >= 0.3 is 12.3 Å². The fraction of sp³-hybridized carbons (Fsp3) is 0.286. The predicted molar refractivity (Wildman–Crippen MR) is 106 cm³/mol. The lowest BCUT2D eigenvalue weighted by atomic mass is 10.1. The molecule has 1 unspecified atom stereocenters. The number of carbonyl (C=O) groups excluding carboxylic acids is 3. The Morgan fingerprint density at radius 3 is 2.13 bits per heavy atom. The molecule has 0 aliphatic rings. The van der Waals surface area contributed by atoms with Crippen LogP contribution in [-0.4, -0.2) is 36.8 Å². The van der Waals surface area contributed by atoms with Crippen LogP contribution in [0.25, 0.3) is 0 Å². The van der Waals surface area contributed by atoms with Gasteiger partial charge in [-0.1, -0.05) is 17.2 Å². The van der Waals surface area contributed by atoms with Gasteiger partial charge in [0.05, 0.1) is 0 Å². The average molecular weight is 438 g/mol. The Kier molecular flexibility index (Phi) is 7.62. The summed E-state index contributed by atoms with van der Waals surface area (Å²) in [5, 5.41) is 4.82. The number of nitrogens with one attached hydrogen (secondary N) is 2. The largest absolute Gasteiger partial charge is 0.573 e. The van der Waals surface area contributed by atoms with E-state index >= 15 is 0 Å². The fourth-order valence-corrected chi connectivity index (χ4v) is 2.64. The smallest absolute Gasteiger partial charge is 0.451 e. The number of esters is 1. The molecular weight excluding hydrogens is 417 g/mol. The Morgan fingerprint density at radius 2 is 1.58 bits per heavy atom. The van der Waals surface area contributed by atoms with Crippen molar-refractivity contribution in [2.45, 2.75) is 33.2 Å². The number of rotatable bonds is 7. The maximum Gasteiger partial charge on any atom is 0.573 e. The Labute approximate surface area is 176 Å². The molecule has 0 heterocycles. The molecular formula is C21H21F3N2O5. The number of hydrogen-bond acceptors (Lipinski definition) is 5. The highest BCUT2D eigenvalue weighted by Crippen LogP contribution is 2.24. The van der Waals surface area contributed by atoms with Crippen LogP contribution in [0, 0.1) is 13.8 Å². The van der Waals surface area contributed by atoms with E-state index < -0.39 is 42.5 Å². The summed E-state index contributed by atoms with van der Waals surface area (Å²) in [6.07, 6.45) is -6.02. The molecule has 1 atom stereocenters. The number of anilines is 1. The summed E-state index contributed by atoms with van der Waals surface area (Å²) >= 11 is 0. The first-order chi connectivity index (χ1) is 14.4. The second-order valence-electron chi connectivity index (χ2n) is 6.75. The van der Waals surface area contributed by atoms with Gasteiger partial charge in [-0.25, -0.2) is 0 Å². The summed E-state index contributed by atoms with van der Waals surface area (Å²) in [5.74, 6) is -2.42. The first-order valence-electron chi connectivity index (χ1n) is 9.15. The fourth-order valence-electron chi connectivity index (χ4n) is 2.64. The van der Waals surface area contributed by atoms with Crippen LogP contribution in [0.3, 0.4) is 0 Å². The van der Waals surface area contributed by atoms with Crippen molar-refractivity contribution < 1.29 is 37.0 Å². The van der Waals surface area contributed by atoms with Crippen molar-refractivity contribution in [1.29, 1.82) is 0 Å². The van der Waals surface area contributed by atoms with Gasteiger partial charge in [-0.15, -0.1) is 13.2 Å². The van der Waals surface area contributed by atoms with Gasteiger partial charge in [0.15, 0.2) is 6.10 Å². The third-order valence-corrected chi connectivity index (χ3v) is 3.91. The lowest BCUT2D eigenvalue weighted by Crippen LogP contribution is -2.35. The molecule has 0 saturated heterocycles. The molecule has 2 N–H and O–H groups in total. The highest BCUT2D eigenvalue weighted by atomic mass is 19.4. The first-order valence-corrected chi connectivity index (χ1v) is 9.15. The van der Waals surface area contributed by atoms with Gasteiger partial charge in [-0.3, -0.25) is 14.4 Å². The molecule has 2 aromatic rings. The van der Waals surface area contributed by atoms with Crippen LogP contribution in [-0.2, 0) is 14.3 Å². The van der Waals surface area contributed by atoms with Gasteiger partial charge in [0.2, 0.25) is 0 Å². The maximum absolute atomic E-state index is 12.2. The van der Waals surface area contributed by atoms with E-state index in [1.54, 1.807) is 12.1 Å². The molecule has 31 heavy (non-hydrogen) atoms. The van der Waals surface area contributed by atoms with Crippen LogP contribution in [0.4, 0.5) is 18.9 Å². The van der Waals surface area contributed by atoms with E-state index in [0.29, 0.717) is 5.56 Å². The third kappa shape index (κ3) is 8.00. The average Bonchev–Trinajstić information content (AvgIpc) is 2.65. The molecule has 2 rings (SSSR count). The number of alkyl halides is 3. The summed E-state index contributed by atoms with van der Waals surface area (Å²) < 4.78 is 45.2. The minimum Gasteiger partial charge on any atom is -0.451 e. The van der Waals surface area contributed by atoms with E-state index in [-0.39, 0.29) is 5.69 Å². The minimum absolute atomic E-state index is 0.186. The summed E-state index contributed by atoms with van der Waals surface area (Å²) in [5.41, 5.74) is 2.38.